The van der Waals surface area contributed by atoms with Crippen molar-refractivity contribution in [3.63, 3.8) is 0 Å². The van der Waals surface area contributed by atoms with Crippen LogP contribution in [0.5, 0.6) is 0 Å². The summed E-state index contributed by atoms with van der Waals surface area (Å²) in [7, 11) is 0. The molecule has 0 amide bonds. The van der Waals surface area contributed by atoms with E-state index >= 15 is 0 Å². The zero-order valence-corrected chi connectivity index (χ0v) is 4.72. The SMILES string of the molecule is C1CC2=NN=C1CC2. The predicted octanol–water partition coefficient (Wildman–Crippen LogP) is 1.37. The van der Waals surface area contributed by atoms with E-state index < -0.39 is 0 Å². The van der Waals surface area contributed by atoms with Crippen molar-refractivity contribution in [2.24, 2.45) is 10.2 Å². The standard InChI is InChI=1S/C6H8N2/c1-2-6-4-3-5(1)7-8-6/h1-4H2. The molecule has 0 aromatic heterocycles. The van der Waals surface area contributed by atoms with Gasteiger partial charge in [-0.1, -0.05) is 0 Å². The van der Waals surface area contributed by atoms with E-state index in [1.807, 2.05) is 0 Å². The molecule has 3 rings (SSSR count). The van der Waals surface area contributed by atoms with Gasteiger partial charge in [0.1, 0.15) is 0 Å². The molecule has 3 aliphatic rings. The van der Waals surface area contributed by atoms with Gasteiger partial charge in [-0.15, -0.1) is 0 Å². The minimum atomic E-state index is 1.18. The summed E-state index contributed by atoms with van der Waals surface area (Å²) >= 11 is 0. The molecule has 0 unspecified atom stereocenters. The van der Waals surface area contributed by atoms with Gasteiger partial charge in [-0.25, -0.2) is 0 Å². The van der Waals surface area contributed by atoms with Gasteiger partial charge in [0, 0.05) is 11.4 Å². The fraction of sp³-hybridized carbons (Fsp3) is 0.667. The van der Waals surface area contributed by atoms with Gasteiger partial charge in [-0.05, 0) is 25.7 Å². The third-order valence-corrected chi connectivity index (χ3v) is 1.74. The summed E-state index contributed by atoms with van der Waals surface area (Å²) in [6, 6.07) is 0. The normalized spacial score (nSPS) is 25.0. The van der Waals surface area contributed by atoms with Crippen molar-refractivity contribution in [3.05, 3.63) is 0 Å². The maximum atomic E-state index is 4.00. The van der Waals surface area contributed by atoms with Crippen LogP contribution in [-0.2, 0) is 0 Å². The Bertz CT molecular complexity index is 135. The minimum absolute atomic E-state index is 1.18. The molecule has 2 heterocycles. The molecule has 0 radical (unpaired) electrons. The Balaban J connectivity index is 2.36. The highest BCUT2D eigenvalue weighted by Crippen LogP contribution is 2.18. The van der Waals surface area contributed by atoms with Crippen LogP contribution in [0.3, 0.4) is 0 Å². The van der Waals surface area contributed by atoms with Crippen molar-refractivity contribution in [3.8, 4) is 0 Å². The third-order valence-electron chi connectivity index (χ3n) is 1.74. The molecule has 0 spiro atoms. The van der Waals surface area contributed by atoms with Crippen molar-refractivity contribution in [1.82, 2.24) is 0 Å². The molecule has 0 aromatic carbocycles. The highest BCUT2D eigenvalue weighted by molar-refractivity contribution is 6.01. The molecule has 2 nitrogen and oxygen atoms in total. The van der Waals surface area contributed by atoms with E-state index in [4.69, 9.17) is 0 Å². The predicted molar refractivity (Wildman–Crippen MR) is 33.3 cm³/mol. The summed E-state index contributed by atoms with van der Waals surface area (Å²) in [5.74, 6) is 0. The second-order valence-electron chi connectivity index (χ2n) is 2.33. The Morgan fingerprint density at radius 1 is 0.750 bits per heavy atom. The van der Waals surface area contributed by atoms with Crippen LogP contribution >= 0.6 is 0 Å². The highest BCUT2D eigenvalue weighted by atomic mass is 15.2. The molecule has 1 aliphatic carbocycles. The molecule has 2 aliphatic heterocycles. The van der Waals surface area contributed by atoms with E-state index in [1.54, 1.807) is 0 Å². The van der Waals surface area contributed by atoms with E-state index in [-0.39, 0.29) is 0 Å². The summed E-state index contributed by atoms with van der Waals surface area (Å²) in [6.07, 6.45) is 4.72. The Morgan fingerprint density at radius 2 is 1.12 bits per heavy atom. The number of nitrogens with zero attached hydrogens (tertiary/aromatic N) is 2. The van der Waals surface area contributed by atoms with Crippen LogP contribution in [0.4, 0.5) is 0 Å². The van der Waals surface area contributed by atoms with Crippen LogP contribution in [0.2, 0.25) is 0 Å². The van der Waals surface area contributed by atoms with Crippen molar-refractivity contribution in [2.45, 2.75) is 25.7 Å². The van der Waals surface area contributed by atoms with Crippen LogP contribution in [0.25, 0.3) is 0 Å². The van der Waals surface area contributed by atoms with Crippen LogP contribution in [0.15, 0.2) is 10.2 Å². The minimum Gasteiger partial charge on any atom is -0.160 e. The van der Waals surface area contributed by atoms with Crippen LogP contribution in [0.1, 0.15) is 25.7 Å². The summed E-state index contributed by atoms with van der Waals surface area (Å²) in [6.45, 7) is 0. The lowest BCUT2D eigenvalue weighted by Gasteiger charge is -2.17. The topological polar surface area (TPSA) is 24.7 Å². The van der Waals surface area contributed by atoms with Crippen molar-refractivity contribution in [1.29, 1.82) is 0 Å². The maximum Gasteiger partial charge on any atom is 0.0413 e. The van der Waals surface area contributed by atoms with Gasteiger partial charge < -0.3 is 0 Å². The van der Waals surface area contributed by atoms with Gasteiger partial charge >= 0.3 is 0 Å². The molecule has 0 atom stereocenters. The summed E-state index contributed by atoms with van der Waals surface area (Å²) < 4.78 is 0. The largest absolute Gasteiger partial charge is 0.160 e. The lowest BCUT2D eigenvalue weighted by Crippen LogP contribution is -2.17. The first kappa shape index (κ1) is 4.24. The van der Waals surface area contributed by atoms with E-state index in [0.29, 0.717) is 0 Å². The van der Waals surface area contributed by atoms with E-state index in [9.17, 15) is 0 Å². The van der Waals surface area contributed by atoms with Gasteiger partial charge in [0.05, 0.1) is 0 Å². The first-order chi connectivity index (χ1) is 3.95. The lowest BCUT2D eigenvalue weighted by molar-refractivity contribution is 0.882. The second-order valence-corrected chi connectivity index (χ2v) is 2.33. The van der Waals surface area contributed by atoms with Gasteiger partial charge in [0.2, 0.25) is 0 Å². The zero-order valence-electron chi connectivity index (χ0n) is 4.72. The molecule has 8 heavy (non-hydrogen) atoms. The quantitative estimate of drug-likeness (QED) is 0.447. The fourth-order valence-electron chi connectivity index (χ4n) is 1.17. The first-order valence-electron chi connectivity index (χ1n) is 3.06. The maximum absolute atomic E-state index is 4.00. The van der Waals surface area contributed by atoms with Crippen LogP contribution in [-0.4, -0.2) is 11.4 Å². The smallest absolute Gasteiger partial charge is 0.0413 e. The van der Waals surface area contributed by atoms with Crippen molar-refractivity contribution >= 4 is 11.4 Å². The average molecular weight is 108 g/mol. The molecular weight excluding hydrogens is 100 g/mol. The number of hydrogen-bond donors (Lipinski definition) is 0. The Morgan fingerprint density at radius 3 is 1.25 bits per heavy atom. The zero-order chi connectivity index (χ0) is 5.40. The van der Waals surface area contributed by atoms with Gasteiger partial charge in [-0.3, -0.25) is 0 Å². The highest BCUT2D eigenvalue weighted by Gasteiger charge is 2.15. The molecule has 42 valence electrons. The molecule has 1 fully saturated rings. The molecular formula is C6H8N2. The average Bonchev–Trinajstić information content (AvgIpc) is 1.92. The van der Waals surface area contributed by atoms with Gasteiger partial charge in [0.15, 0.2) is 0 Å². The van der Waals surface area contributed by atoms with Crippen LogP contribution < -0.4 is 0 Å². The van der Waals surface area contributed by atoms with Gasteiger partial charge in [0.25, 0.3) is 0 Å². The molecule has 2 bridgehead atoms. The first-order valence-corrected chi connectivity index (χ1v) is 3.06. The second kappa shape index (κ2) is 1.41. The molecule has 1 saturated carbocycles. The Labute approximate surface area is 48.3 Å². The summed E-state index contributed by atoms with van der Waals surface area (Å²) in [5, 5.41) is 8.00. The Kier molecular flexibility index (Phi) is 0.745. The number of rotatable bonds is 0. The molecule has 2 heteroatoms. The van der Waals surface area contributed by atoms with Crippen molar-refractivity contribution in [2.75, 3.05) is 0 Å². The molecule has 0 N–H and O–H groups in total. The third kappa shape index (κ3) is 0.489. The fourth-order valence-corrected chi connectivity index (χ4v) is 1.17. The van der Waals surface area contributed by atoms with E-state index in [0.717, 1.165) is 0 Å². The number of fused-ring (bicyclic) bond motifs is 3. The lowest BCUT2D eigenvalue weighted by atomic mass is 9.96. The monoisotopic (exact) mass is 108 g/mol. The summed E-state index contributed by atoms with van der Waals surface area (Å²) in [5.41, 5.74) is 2.61. The van der Waals surface area contributed by atoms with E-state index in [2.05, 4.69) is 10.2 Å². The molecule has 0 aromatic rings. The van der Waals surface area contributed by atoms with E-state index in [1.165, 1.54) is 37.1 Å². The molecule has 0 saturated heterocycles. The number of hydrogen-bond acceptors (Lipinski definition) is 2. The van der Waals surface area contributed by atoms with Crippen LogP contribution in [0, 0.1) is 0 Å². The van der Waals surface area contributed by atoms with Gasteiger partial charge in [-0.2, -0.15) is 10.2 Å². The summed E-state index contributed by atoms with van der Waals surface area (Å²) in [4.78, 5) is 0. The Hall–Kier alpha value is -0.660. The van der Waals surface area contributed by atoms with Crippen molar-refractivity contribution < 1.29 is 0 Å².